The molecule has 3 nitrogen and oxygen atoms in total. The van der Waals surface area contributed by atoms with Crippen molar-refractivity contribution in [2.75, 3.05) is 12.3 Å². The van der Waals surface area contributed by atoms with Crippen LogP contribution in [0.3, 0.4) is 0 Å². The van der Waals surface area contributed by atoms with Crippen LogP contribution in [0.4, 0.5) is 5.69 Å². The molecule has 0 amide bonds. The normalized spacial score (nSPS) is 10.3. The zero-order valence-electron chi connectivity index (χ0n) is 10.8. The van der Waals surface area contributed by atoms with Gasteiger partial charge in [0, 0.05) is 25.8 Å². The molecule has 0 atom stereocenters. The van der Waals surface area contributed by atoms with Gasteiger partial charge in [0.05, 0.1) is 6.61 Å². The summed E-state index contributed by atoms with van der Waals surface area (Å²) < 4.78 is 6.82. The number of carbonyl (C=O) groups is 1. The minimum absolute atomic E-state index is 0.0981. The number of ether oxygens (including phenoxy) is 1. The predicted octanol–water partition coefficient (Wildman–Crippen LogP) is 4.42. The lowest BCUT2D eigenvalue weighted by molar-refractivity contribution is 0.103. The molecule has 5 heteroatoms. The fourth-order valence-electron chi connectivity index (χ4n) is 1.80. The van der Waals surface area contributed by atoms with Crippen LogP contribution in [0.2, 0.25) is 0 Å². The van der Waals surface area contributed by atoms with E-state index in [0.717, 1.165) is 10.2 Å². The first kappa shape index (κ1) is 15.1. The number of halogens is 2. The Morgan fingerprint density at radius 2 is 1.85 bits per heavy atom. The van der Waals surface area contributed by atoms with E-state index < -0.39 is 0 Å². The number of carbonyl (C=O) groups excluding carboxylic acids is 1. The third-order valence-electron chi connectivity index (χ3n) is 2.73. The summed E-state index contributed by atoms with van der Waals surface area (Å²) >= 11 is 6.79. The molecule has 0 heterocycles. The number of nitrogens with two attached hydrogens (primary N) is 1. The van der Waals surface area contributed by atoms with Crippen LogP contribution >= 0.6 is 31.9 Å². The number of benzene rings is 2. The zero-order chi connectivity index (χ0) is 14.7. The summed E-state index contributed by atoms with van der Waals surface area (Å²) in [7, 11) is 0. The summed E-state index contributed by atoms with van der Waals surface area (Å²) in [6.45, 7) is 2.50. The summed E-state index contributed by atoms with van der Waals surface area (Å²) in [5, 5.41) is 0. The van der Waals surface area contributed by atoms with Gasteiger partial charge in [0.15, 0.2) is 5.78 Å². The highest BCUT2D eigenvalue weighted by atomic mass is 79.9. The fourth-order valence-corrected chi connectivity index (χ4v) is 2.76. The molecule has 0 saturated carbocycles. The Kier molecular flexibility index (Phi) is 4.83. The first-order valence-corrected chi connectivity index (χ1v) is 7.63. The maximum Gasteiger partial charge on any atom is 0.195 e. The van der Waals surface area contributed by atoms with E-state index in [1.54, 1.807) is 36.4 Å². The molecule has 0 saturated heterocycles. The van der Waals surface area contributed by atoms with Crippen molar-refractivity contribution in [3.8, 4) is 5.75 Å². The van der Waals surface area contributed by atoms with E-state index >= 15 is 0 Å². The van der Waals surface area contributed by atoms with Gasteiger partial charge in [-0.3, -0.25) is 4.79 Å². The number of anilines is 1. The van der Waals surface area contributed by atoms with Crippen molar-refractivity contribution in [2.45, 2.75) is 6.92 Å². The summed E-state index contributed by atoms with van der Waals surface area (Å²) in [6.07, 6.45) is 0. The second-order valence-corrected chi connectivity index (χ2v) is 5.85. The van der Waals surface area contributed by atoms with Gasteiger partial charge in [-0.1, -0.05) is 15.9 Å². The molecular weight excluding hydrogens is 386 g/mol. The molecule has 0 aromatic heterocycles. The fraction of sp³-hybridized carbons (Fsp3) is 0.133. The molecule has 20 heavy (non-hydrogen) atoms. The molecule has 2 aromatic carbocycles. The molecular formula is C15H13Br2NO2. The van der Waals surface area contributed by atoms with E-state index in [1.165, 1.54) is 0 Å². The van der Waals surface area contributed by atoms with Crippen molar-refractivity contribution in [1.29, 1.82) is 0 Å². The molecule has 0 radical (unpaired) electrons. The summed E-state index contributed by atoms with van der Waals surface area (Å²) in [5.74, 6) is 0.627. The SMILES string of the molecule is CCOc1ccc(C(=O)c2cc(N)ccc2Br)c(Br)c1. The maximum atomic E-state index is 12.6. The minimum atomic E-state index is -0.0981. The molecule has 0 fully saturated rings. The molecule has 2 aromatic rings. The lowest BCUT2D eigenvalue weighted by Crippen LogP contribution is -2.05. The Morgan fingerprint density at radius 1 is 1.10 bits per heavy atom. The molecule has 2 N–H and O–H groups in total. The van der Waals surface area contributed by atoms with Crippen LogP contribution in [0.15, 0.2) is 45.3 Å². The first-order valence-electron chi connectivity index (χ1n) is 6.05. The number of rotatable bonds is 4. The lowest BCUT2D eigenvalue weighted by atomic mass is 10.0. The van der Waals surface area contributed by atoms with Gasteiger partial charge < -0.3 is 10.5 Å². The Morgan fingerprint density at radius 3 is 2.50 bits per heavy atom. The average molecular weight is 399 g/mol. The van der Waals surface area contributed by atoms with Gasteiger partial charge in [-0.15, -0.1) is 0 Å². The van der Waals surface area contributed by atoms with Gasteiger partial charge in [0.25, 0.3) is 0 Å². The molecule has 0 aliphatic rings. The van der Waals surface area contributed by atoms with Gasteiger partial charge in [-0.2, -0.15) is 0 Å². The van der Waals surface area contributed by atoms with Crippen molar-refractivity contribution in [3.63, 3.8) is 0 Å². The number of hydrogen-bond donors (Lipinski definition) is 1. The second kappa shape index (κ2) is 6.41. The van der Waals surface area contributed by atoms with Gasteiger partial charge in [0.2, 0.25) is 0 Å². The third kappa shape index (κ3) is 3.22. The van der Waals surface area contributed by atoms with E-state index in [2.05, 4.69) is 31.9 Å². The van der Waals surface area contributed by atoms with Gasteiger partial charge in [-0.25, -0.2) is 0 Å². The smallest absolute Gasteiger partial charge is 0.195 e. The lowest BCUT2D eigenvalue weighted by Gasteiger charge is -2.09. The highest BCUT2D eigenvalue weighted by molar-refractivity contribution is 9.11. The standard InChI is InChI=1S/C15H13Br2NO2/c1-2-20-10-4-5-11(14(17)8-10)15(19)12-7-9(18)3-6-13(12)16/h3-8H,2,18H2,1H3. The number of nitrogen functional groups attached to an aromatic ring is 1. The molecule has 0 spiro atoms. The van der Waals surface area contributed by atoms with Crippen LogP contribution in [0.1, 0.15) is 22.8 Å². The Bertz CT molecular complexity index is 656. The van der Waals surface area contributed by atoms with Crippen molar-refractivity contribution in [1.82, 2.24) is 0 Å². The maximum absolute atomic E-state index is 12.6. The summed E-state index contributed by atoms with van der Waals surface area (Å²) in [5.41, 5.74) is 7.40. The summed E-state index contributed by atoms with van der Waals surface area (Å²) in [6, 6.07) is 10.5. The summed E-state index contributed by atoms with van der Waals surface area (Å²) in [4.78, 5) is 12.6. The Labute approximate surface area is 134 Å². The Hall–Kier alpha value is -1.33. The molecule has 0 bridgehead atoms. The largest absolute Gasteiger partial charge is 0.494 e. The van der Waals surface area contributed by atoms with Crippen molar-refractivity contribution in [2.24, 2.45) is 0 Å². The number of ketones is 1. The van der Waals surface area contributed by atoms with Gasteiger partial charge in [0.1, 0.15) is 5.75 Å². The first-order chi connectivity index (χ1) is 9.52. The quantitative estimate of drug-likeness (QED) is 0.612. The van der Waals surface area contributed by atoms with Crippen LogP contribution in [0.5, 0.6) is 5.75 Å². The highest BCUT2D eigenvalue weighted by Crippen LogP contribution is 2.28. The molecule has 2 rings (SSSR count). The molecule has 0 unspecified atom stereocenters. The van der Waals surface area contributed by atoms with Gasteiger partial charge in [-0.05, 0) is 59.3 Å². The monoisotopic (exact) mass is 397 g/mol. The van der Waals surface area contributed by atoms with E-state index in [4.69, 9.17) is 10.5 Å². The Balaban J connectivity index is 2.40. The van der Waals surface area contributed by atoms with Crippen molar-refractivity contribution < 1.29 is 9.53 Å². The average Bonchev–Trinajstić information content (AvgIpc) is 2.41. The van der Waals surface area contributed by atoms with E-state index in [1.807, 2.05) is 6.92 Å². The second-order valence-electron chi connectivity index (χ2n) is 4.14. The zero-order valence-corrected chi connectivity index (χ0v) is 14.0. The van der Waals surface area contributed by atoms with E-state index in [9.17, 15) is 4.79 Å². The van der Waals surface area contributed by atoms with Crippen LogP contribution < -0.4 is 10.5 Å². The number of hydrogen-bond acceptors (Lipinski definition) is 3. The van der Waals surface area contributed by atoms with Crippen molar-refractivity contribution in [3.05, 3.63) is 56.5 Å². The molecule has 0 aliphatic carbocycles. The minimum Gasteiger partial charge on any atom is -0.494 e. The predicted molar refractivity (Wildman–Crippen MR) is 87.3 cm³/mol. The van der Waals surface area contributed by atoms with E-state index in [-0.39, 0.29) is 5.78 Å². The van der Waals surface area contributed by atoms with Crippen LogP contribution in [-0.2, 0) is 0 Å². The van der Waals surface area contributed by atoms with Crippen LogP contribution in [-0.4, -0.2) is 12.4 Å². The topological polar surface area (TPSA) is 52.3 Å². The third-order valence-corrected chi connectivity index (χ3v) is 4.08. The highest BCUT2D eigenvalue weighted by Gasteiger charge is 2.16. The molecule has 0 aliphatic heterocycles. The molecule has 104 valence electrons. The van der Waals surface area contributed by atoms with E-state index in [0.29, 0.717) is 27.9 Å². The van der Waals surface area contributed by atoms with Crippen LogP contribution in [0.25, 0.3) is 0 Å². The van der Waals surface area contributed by atoms with Gasteiger partial charge >= 0.3 is 0 Å². The van der Waals surface area contributed by atoms with Crippen molar-refractivity contribution >= 4 is 43.3 Å². The van der Waals surface area contributed by atoms with Crippen LogP contribution in [0, 0.1) is 0 Å².